The van der Waals surface area contributed by atoms with Crippen molar-refractivity contribution in [3.63, 3.8) is 0 Å². The van der Waals surface area contributed by atoms with Crippen LogP contribution >= 0.6 is 22.6 Å². The number of hydrogen-bond acceptors (Lipinski definition) is 2. The molecular weight excluding hydrogens is 349 g/mol. The summed E-state index contributed by atoms with van der Waals surface area (Å²) in [4.78, 5) is 4.38. The molecule has 19 heavy (non-hydrogen) atoms. The monoisotopic (exact) mass is 361 g/mol. The Labute approximate surface area is 125 Å². The summed E-state index contributed by atoms with van der Waals surface area (Å²) in [6.07, 6.45) is 1.77. The van der Waals surface area contributed by atoms with Crippen LogP contribution in [0.3, 0.4) is 0 Å². The van der Waals surface area contributed by atoms with Gasteiger partial charge in [0.15, 0.2) is 0 Å². The molecule has 94 valence electrons. The molecule has 0 amide bonds. The summed E-state index contributed by atoms with van der Waals surface area (Å²) >= 11 is 2.30. The van der Waals surface area contributed by atoms with Crippen LogP contribution < -0.4 is 4.74 Å². The molecule has 0 N–H and O–H groups in total. The second kappa shape index (κ2) is 5.57. The van der Waals surface area contributed by atoms with Crippen LogP contribution in [0.15, 0.2) is 60.8 Å². The Hall–Kier alpha value is -1.62. The van der Waals surface area contributed by atoms with Crippen LogP contribution in [0, 0.1) is 3.57 Å². The number of para-hydroxylation sites is 1. The third kappa shape index (κ3) is 3.04. The quantitative estimate of drug-likeness (QED) is 0.645. The number of rotatable bonds is 3. The average Bonchev–Trinajstić information content (AvgIpc) is 2.46. The van der Waals surface area contributed by atoms with Crippen LogP contribution in [-0.4, -0.2) is 4.98 Å². The van der Waals surface area contributed by atoms with Gasteiger partial charge in [0.25, 0.3) is 0 Å². The molecule has 3 heteroatoms. The lowest BCUT2D eigenvalue weighted by Crippen LogP contribution is -1.95. The molecule has 0 aliphatic rings. The number of hydrogen-bond donors (Lipinski definition) is 0. The molecule has 0 fully saturated rings. The lowest BCUT2D eigenvalue weighted by Gasteiger charge is -2.07. The van der Waals surface area contributed by atoms with Crippen LogP contribution in [0.5, 0.6) is 5.75 Å². The van der Waals surface area contributed by atoms with Crippen LogP contribution in [0.25, 0.3) is 10.9 Å². The SMILES string of the molecule is Ic1ccc(COc2cnc3ccccc3c2)cc1. The Kier molecular flexibility index (Phi) is 3.64. The van der Waals surface area contributed by atoms with Gasteiger partial charge in [0.05, 0.1) is 11.7 Å². The van der Waals surface area contributed by atoms with Gasteiger partial charge in [-0.25, -0.2) is 0 Å². The molecule has 2 nitrogen and oxygen atoms in total. The Morgan fingerprint density at radius 2 is 1.79 bits per heavy atom. The summed E-state index contributed by atoms with van der Waals surface area (Å²) in [5, 5.41) is 1.10. The number of ether oxygens (including phenoxy) is 1. The first kappa shape index (κ1) is 12.4. The predicted molar refractivity (Wildman–Crippen MR) is 85.2 cm³/mol. The molecule has 0 saturated carbocycles. The fraction of sp³-hybridized carbons (Fsp3) is 0.0625. The third-order valence-electron chi connectivity index (χ3n) is 2.88. The highest BCUT2D eigenvalue weighted by atomic mass is 127. The van der Waals surface area contributed by atoms with E-state index in [1.54, 1.807) is 6.20 Å². The second-order valence-corrected chi connectivity index (χ2v) is 5.52. The van der Waals surface area contributed by atoms with Gasteiger partial charge in [-0.2, -0.15) is 0 Å². The van der Waals surface area contributed by atoms with E-state index in [9.17, 15) is 0 Å². The van der Waals surface area contributed by atoms with Crippen molar-refractivity contribution in [3.8, 4) is 5.75 Å². The first-order valence-corrected chi connectivity index (χ1v) is 7.11. The smallest absolute Gasteiger partial charge is 0.138 e. The maximum atomic E-state index is 5.78. The molecule has 0 radical (unpaired) electrons. The lowest BCUT2D eigenvalue weighted by atomic mass is 10.2. The molecule has 3 aromatic rings. The van der Waals surface area contributed by atoms with Gasteiger partial charge >= 0.3 is 0 Å². The number of benzene rings is 2. The maximum absolute atomic E-state index is 5.78. The number of halogens is 1. The van der Waals surface area contributed by atoms with Crippen molar-refractivity contribution in [2.45, 2.75) is 6.61 Å². The maximum Gasteiger partial charge on any atom is 0.138 e. The lowest BCUT2D eigenvalue weighted by molar-refractivity contribution is 0.305. The Balaban J connectivity index is 1.76. The van der Waals surface area contributed by atoms with Gasteiger partial charge in [0, 0.05) is 8.96 Å². The summed E-state index contributed by atoms with van der Waals surface area (Å²) in [5.41, 5.74) is 2.15. The molecule has 0 aliphatic carbocycles. The highest BCUT2D eigenvalue weighted by Crippen LogP contribution is 2.19. The van der Waals surface area contributed by atoms with E-state index in [2.05, 4.69) is 51.8 Å². The largest absolute Gasteiger partial charge is 0.487 e. The fourth-order valence-corrected chi connectivity index (χ4v) is 2.24. The van der Waals surface area contributed by atoms with Crippen LogP contribution in [0.2, 0.25) is 0 Å². The van der Waals surface area contributed by atoms with Gasteiger partial charge in [0.2, 0.25) is 0 Å². The minimum absolute atomic E-state index is 0.566. The van der Waals surface area contributed by atoms with Crippen molar-refractivity contribution >= 4 is 33.5 Å². The number of pyridine rings is 1. The van der Waals surface area contributed by atoms with Crippen molar-refractivity contribution in [1.29, 1.82) is 0 Å². The highest BCUT2D eigenvalue weighted by molar-refractivity contribution is 14.1. The van der Waals surface area contributed by atoms with E-state index >= 15 is 0 Å². The van der Waals surface area contributed by atoms with Crippen molar-refractivity contribution in [3.05, 3.63) is 69.9 Å². The van der Waals surface area contributed by atoms with E-state index in [1.807, 2.05) is 30.3 Å². The second-order valence-electron chi connectivity index (χ2n) is 4.28. The minimum Gasteiger partial charge on any atom is -0.487 e. The summed E-state index contributed by atoms with van der Waals surface area (Å²) in [7, 11) is 0. The molecule has 1 heterocycles. The van der Waals surface area contributed by atoms with Crippen molar-refractivity contribution < 1.29 is 4.74 Å². The van der Waals surface area contributed by atoms with Crippen LogP contribution in [0.1, 0.15) is 5.56 Å². The summed E-state index contributed by atoms with van der Waals surface area (Å²) in [6.45, 7) is 0.566. The van der Waals surface area contributed by atoms with Gasteiger partial charge in [0.1, 0.15) is 12.4 Å². The minimum atomic E-state index is 0.566. The molecular formula is C16H12INO. The normalized spacial score (nSPS) is 10.6. The van der Waals surface area contributed by atoms with Crippen molar-refractivity contribution in [2.24, 2.45) is 0 Å². The molecule has 0 unspecified atom stereocenters. The van der Waals surface area contributed by atoms with E-state index in [1.165, 1.54) is 3.57 Å². The zero-order chi connectivity index (χ0) is 13.1. The van der Waals surface area contributed by atoms with Gasteiger partial charge in [-0.1, -0.05) is 30.3 Å². The van der Waals surface area contributed by atoms with Crippen LogP contribution in [0.4, 0.5) is 0 Å². The van der Waals surface area contributed by atoms with E-state index in [0.29, 0.717) is 6.61 Å². The summed E-state index contributed by atoms with van der Waals surface area (Å²) < 4.78 is 7.01. The molecule has 1 aromatic heterocycles. The van der Waals surface area contributed by atoms with E-state index in [-0.39, 0.29) is 0 Å². The molecule has 0 aliphatic heterocycles. The number of fused-ring (bicyclic) bond motifs is 1. The zero-order valence-electron chi connectivity index (χ0n) is 10.2. The Bertz CT molecular complexity index is 694. The molecule has 0 saturated heterocycles. The average molecular weight is 361 g/mol. The first-order chi connectivity index (χ1) is 9.31. The standard InChI is InChI=1S/C16H12INO/c17-14-7-5-12(6-8-14)11-19-15-9-13-3-1-2-4-16(13)18-10-15/h1-10H,11H2. The zero-order valence-corrected chi connectivity index (χ0v) is 12.4. The first-order valence-electron chi connectivity index (χ1n) is 6.03. The molecule has 3 rings (SSSR count). The van der Waals surface area contributed by atoms with Gasteiger partial charge in [-0.15, -0.1) is 0 Å². The molecule has 2 aromatic carbocycles. The fourth-order valence-electron chi connectivity index (χ4n) is 1.88. The molecule has 0 atom stereocenters. The van der Waals surface area contributed by atoms with Gasteiger partial charge in [-0.05, 0) is 52.4 Å². The Morgan fingerprint density at radius 3 is 2.63 bits per heavy atom. The third-order valence-corrected chi connectivity index (χ3v) is 3.60. The topological polar surface area (TPSA) is 22.1 Å². The summed E-state index contributed by atoms with van der Waals surface area (Å²) in [5.74, 6) is 0.803. The molecule has 0 spiro atoms. The van der Waals surface area contributed by atoms with Gasteiger partial charge < -0.3 is 4.74 Å². The van der Waals surface area contributed by atoms with Crippen molar-refractivity contribution in [1.82, 2.24) is 4.98 Å². The number of aromatic nitrogens is 1. The summed E-state index contributed by atoms with van der Waals surface area (Å²) in [6, 6.07) is 18.4. The van der Waals surface area contributed by atoms with E-state index < -0.39 is 0 Å². The molecule has 0 bridgehead atoms. The van der Waals surface area contributed by atoms with E-state index in [0.717, 1.165) is 22.2 Å². The van der Waals surface area contributed by atoms with Crippen molar-refractivity contribution in [2.75, 3.05) is 0 Å². The van der Waals surface area contributed by atoms with E-state index in [4.69, 9.17) is 4.74 Å². The Morgan fingerprint density at radius 1 is 1.00 bits per heavy atom. The predicted octanol–water partition coefficient (Wildman–Crippen LogP) is 4.42. The highest BCUT2D eigenvalue weighted by Gasteiger charge is 1.99. The van der Waals surface area contributed by atoms with Crippen LogP contribution in [-0.2, 0) is 6.61 Å². The van der Waals surface area contributed by atoms with Gasteiger partial charge in [-0.3, -0.25) is 4.98 Å². The number of nitrogens with zero attached hydrogens (tertiary/aromatic N) is 1.